The lowest BCUT2D eigenvalue weighted by atomic mass is 9.66. The molecule has 2 amide bonds. The molecule has 8 nitrogen and oxygen atoms in total. The van der Waals surface area contributed by atoms with E-state index in [9.17, 15) is 19.5 Å². The molecular formula is C24H32N2O6. The van der Waals surface area contributed by atoms with E-state index < -0.39 is 41.1 Å². The zero-order valence-corrected chi connectivity index (χ0v) is 19.3. The molecule has 2 bridgehead atoms. The molecule has 3 saturated heterocycles. The van der Waals surface area contributed by atoms with Crippen molar-refractivity contribution in [3.8, 4) is 0 Å². The van der Waals surface area contributed by atoms with Crippen molar-refractivity contribution in [1.29, 1.82) is 0 Å². The van der Waals surface area contributed by atoms with Crippen molar-refractivity contribution in [2.75, 3.05) is 18.5 Å². The Morgan fingerprint density at radius 3 is 2.72 bits per heavy atom. The normalized spacial score (nSPS) is 33.9. The standard InChI is InChI=1S/C24H32N2O6/c1-6-31-22(30)18-17-21(29)26(15(4)12-27)19(24(17)10-9-23(18,5)32-24)20(28)25-16-11-13(2)7-8-14(16)3/h7-8,11,15,17-19,27H,6,9-10,12H2,1-5H3,(H,25,28)/t15-,17+,18-,19?,23+,24?/m1/s1. The van der Waals surface area contributed by atoms with Gasteiger partial charge in [0.2, 0.25) is 11.8 Å². The predicted molar refractivity (Wildman–Crippen MR) is 117 cm³/mol. The molecule has 1 aromatic rings. The number of likely N-dealkylation sites (tertiary alicyclic amines) is 1. The summed E-state index contributed by atoms with van der Waals surface area (Å²) >= 11 is 0. The van der Waals surface area contributed by atoms with Gasteiger partial charge in [0.15, 0.2) is 0 Å². The minimum Gasteiger partial charge on any atom is -0.466 e. The number of carbonyl (C=O) groups is 3. The van der Waals surface area contributed by atoms with Crippen LogP contribution in [0.2, 0.25) is 0 Å². The van der Waals surface area contributed by atoms with E-state index in [1.54, 1.807) is 13.8 Å². The number of rotatable bonds is 6. The van der Waals surface area contributed by atoms with Gasteiger partial charge in [-0.1, -0.05) is 12.1 Å². The van der Waals surface area contributed by atoms with Gasteiger partial charge in [0, 0.05) is 5.69 Å². The van der Waals surface area contributed by atoms with Crippen LogP contribution in [0.4, 0.5) is 5.69 Å². The van der Waals surface area contributed by atoms with Crippen molar-refractivity contribution in [1.82, 2.24) is 4.90 Å². The molecule has 32 heavy (non-hydrogen) atoms. The van der Waals surface area contributed by atoms with E-state index in [1.807, 2.05) is 39.0 Å². The summed E-state index contributed by atoms with van der Waals surface area (Å²) in [5.74, 6) is -2.78. The maximum atomic E-state index is 13.7. The summed E-state index contributed by atoms with van der Waals surface area (Å²) in [6.45, 7) is 8.99. The smallest absolute Gasteiger partial charge is 0.312 e. The zero-order valence-electron chi connectivity index (χ0n) is 19.3. The van der Waals surface area contributed by atoms with Crippen molar-refractivity contribution in [3.63, 3.8) is 0 Å². The van der Waals surface area contributed by atoms with Gasteiger partial charge >= 0.3 is 5.97 Å². The van der Waals surface area contributed by atoms with E-state index in [-0.39, 0.29) is 25.0 Å². The van der Waals surface area contributed by atoms with Gasteiger partial charge in [0.1, 0.15) is 17.6 Å². The first kappa shape index (κ1) is 22.7. The van der Waals surface area contributed by atoms with Gasteiger partial charge in [-0.15, -0.1) is 0 Å². The molecule has 3 aliphatic heterocycles. The Hall–Kier alpha value is -2.45. The number of fused-ring (bicyclic) bond motifs is 1. The van der Waals surface area contributed by atoms with Crippen LogP contribution >= 0.6 is 0 Å². The lowest BCUT2D eigenvalue weighted by Crippen LogP contribution is -2.55. The van der Waals surface area contributed by atoms with Gasteiger partial charge in [0.25, 0.3) is 0 Å². The fraction of sp³-hybridized carbons (Fsp3) is 0.625. The van der Waals surface area contributed by atoms with Crippen LogP contribution in [0.1, 0.15) is 44.7 Å². The second-order valence-corrected chi connectivity index (χ2v) is 9.56. The van der Waals surface area contributed by atoms with Gasteiger partial charge in [-0.2, -0.15) is 0 Å². The van der Waals surface area contributed by atoms with E-state index >= 15 is 0 Å². The maximum Gasteiger partial charge on any atom is 0.312 e. The van der Waals surface area contributed by atoms with Gasteiger partial charge in [-0.05, 0) is 64.7 Å². The van der Waals surface area contributed by atoms with Crippen molar-refractivity contribution < 1.29 is 29.0 Å². The van der Waals surface area contributed by atoms with E-state index in [1.165, 1.54) is 4.90 Å². The summed E-state index contributed by atoms with van der Waals surface area (Å²) in [5.41, 5.74) is 0.572. The van der Waals surface area contributed by atoms with Gasteiger partial charge in [-0.3, -0.25) is 14.4 Å². The fourth-order valence-electron chi connectivity index (χ4n) is 5.89. The summed E-state index contributed by atoms with van der Waals surface area (Å²) in [4.78, 5) is 41.7. The number of anilines is 1. The van der Waals surface area contributed by atoms with Crippen molar-refractivity contribution >= 4 is 23.5 Å². The van der Waals surface area contributed by atoms with Crippen LogP contribution in [0, 0.1) is 25.7 Å². The van der Waals surface area contributed by atoms with Gasteiger partial charge < -0.3 is 24.8 Å². The average molecular weight is 445 g/mol. The largest absolute Gasteiger partial charge is 0.466 e. The van der Waals surface area contributed by atoms with Crippen LogP contribution in [0.25, 0.3) is 0 Å². The molecule has 2 unspecified atom stereocenters. The topological polar surface area (TPSA) is 105 Å². The van der Waals surface area contributed by atoms with E-state index in [2.05, 4.69) is 5.32 Å². The molecule has 1 spiro atoms. The minimum absolute atomic E-state index is 0.201. The number of aliphatic hydroxyl groups is 1. The highest BCUT2D eigenvalue weighted by Gasteiger charge is 2.78. The van der Waals surface area contributed by atoms with Crippen LogP contribution in [0.15, 0.2) is 18.2 Å². The van der Waals surface area contributed by atoms with E-state index in [0.717, 1.165) is 11.1 Å². The number of nitrogens with one attached hydrogen (secondary N) is 1. The summed E-state index contributed by atoms with van der Waals surface area (Å²) in [7, 11) is 0. The third-order valence-electron chi connectivity index (χ3n) is 7.39. The SMILES string of the molecule is CCOC(=O)[C@H]1[C@H]2C(=O)N([C@H](C)CO)C(C(=O)Nc3cc(C)ccc3C)C23CC[C@]1(C)O3. The van der Waals surface area contributed by atoms with Crippen LogP contribution in [0.3, 0.4) is 0 Å². The first-order chi connectivity index (χ1) is 15.1. The molecule has 4 rings (SSSR count). The number of esters is 1. The molecule has 2 N–H and O–H groups in total. The second kappa shape index (κ2) is 7.85. The summed E-state index contributed by atoms with van der Waals surface area (Å²) in [6.07, 6.45) is 1.03. The van der Waals surface area contributed by atoms with E-state index in [0.29, 0.717) is 18.5 Å². The minimum atomic E-state index is -1.13. The van der Waals surface area contributed by atoms with Crippen molar-refractivity contribution in [3.05, 3.63) is 29.3 Å². The summed E-state index contributed by atoms with van der Waals surface area (Å²) < 4.78 is 11.8. The monoisotopic (exact) mass is 444 g/mol. The molecule has 6 atom stereocenters. The number of hydrogen-bond acceptors (Lipinski definition) is 6. The number of hydrogen-bond donors (Lipinski definition) is 2. The highest BCUT2D eigenvalue weighted by Crippen LogP contribution is 2.63. The van der Waals surface area contributed by atoms with E-state index in [4.69, 9.17) is 9.47 Å². The average Bonchev–Trinajstić information content (AvgIpc) is 3.31. The quantitative estimate of drug-likeness (QED) is 0.650. The number of ether oxygens (including phenoxy) is 2. The Kier molecular flexibility index (Phi) is 5.57. The highest BCUT2D eigenvalue weighted by atomic mass is 16.6. The van der Waals surface area contributed by atoms with Crippen LogP contribution in [-0.4, -0.2) is 64.3 Å². The Balaban J connectivity index is 1.77. The molecule has 3 fully saturated rings. The highest BCUT2D eigenvalue weighted by molar-refractivity contribution is 6.03. The maximum absolute atomic E-state index is 13.7. The molecule has 0 saturated carbocycles. The molecule has 0 aliphatic carbocycles. The third kappa shape index (κ3) is 3.15. The predicted octanol–water partition coefficient (Wildman–Crippen LogP) is 1.95. The second-order valence-electron chi connectivity index (χ2n) is 9.56. The first-order valence-electron chi connectivity index (χ1n) is 11.3. The fourth-order valence-corrected chi connectivity index (χ4v) is 5.89. The lowest BCUT2D eigenvalue weighted by molar-refractivity contribution is -0.159. The Morgan fingerprint density at radius 1 is 1.34 bits per heavy atom. The molecule has 0 radical (unpaired) electrons. The number of aryl methyl sites for hydroxylation is 2. The molecular weight excluding hydrogens is 412 g/mol. The van der Waals surface area contributed by atoms with Crippen molar-refractivity contribution in [2.24, 2.45) is 11.8 Å². The number of nitrogens with zero attached hydrogens (tertiary/aromatic N) is 1. The van der Waals surface area contributed by atoms with Crippen LogP contribution in [-0.2, 0) is 23.9 Å². The molecule has 3 heterocycles. The van der Waals surface area contributed by atoms with Gasteiger partial charge in [0.05, 0.1) is 30.8 Å². The third-order valence-corrected chi connectivity index (χ3v) is 7.39. The summed E-state index contributed by atoms with van der Waals surface area (Å²) in [6, 6.07) is 4.22. The number of carbonyl (C=O) groups excluding carboxylic acids is 3. The molecule has 8 heteroatoms. The Bertz CT molecular complexity index is 964. The van der Waals surface area contributed by atoms with Crippen LogP contribution < -0.4 is 5.32 Å². The molecule has 0 aromatic heterocycles. The Labute approximate surface area is 188 Å². The number of amides is 2. The zero-order chi connectivity index (χ0) is 23.4. The lowest BCUT2D eigenvalue weighted by Gasteiger charge is -2.35. The molecule has 174 valence electrons. The molecule has 1 aromatic carbocycles. The molecule has 3 aliphatic rings. The Morgan fingerprint density at radius 2 is 2.06 bits per heavy atom. The van der Waals surface area contributed by atoms with Crippen molar-refractivity contribution in [2.45, 2.75) is 70.7 Å². The van der Waals surface area contributed by atoms with Crippen LogP contribution in [0.5, 0.6) is 0 Å². The number of benzene rings is 1. The summed E-state index contributed by atoms with van der Waals surface area (Å²) in [5, 5.41) is 12.8. The van der Waals surface area contributed by atoms with Gasteiger partial charge in [-0.25, -0.2) is 0 Å². The first-order valence-corrected chi connectivity index (χ1v) is 11.3. The number of aliphatic hydroxyl groups excluding tert-OH is 1.